The van der Waals surface area contributed by atoms with Crippen molar-refractivity contribution in [3.05, 3.63) is 85.8 Å². The highest BCUT2D eigenvalue weighted by Crippen LogP contribution is 2.37. The number of methoxy groups -OCH3 is 1. The highest BCUT2D eigenvalue weighted by molar-refractivity contribution is 9.10. The molecule has 0 aliphatic heterocycles. The fourth-order valence-electron chi connectivity index (χ4n) is 2.77. The summed E-state index contributed by atoms with van der Waals surface area (Å²) in [6.07, 6.45) is 0. The van der Waals surface area contributed by atoms with Crippen molar-refractivity contribution in [1.82, 2.24) is 0 Å². The number of nitrogens with one attached hydrogen (secondary N) is 1. The molecule has 0 fully saturated rings. The molecule has 28 heavy (non-hydrogen) atoms. The van der Waals surface area contributed by atoms with Crippen LogP contribution in [0.4, 0.5) is 5.69 Å². The third-order valence-corrected chi connectivity index (χ3v) is 5.49. The summed E-state index contributed by atoms with van der Waals surface area (Å²) in [6, 6.07) is 17.4. The minimum atomic E-state index is 0.470. The summed E-state index contributed by atoms with van der Waals surface area (Å²) >= 11 is 15.9. The van der Waals surface area contributed by atoms with E-state index in [1.54, 1.807) is 25.3 Å². The minimum absolute atomic E-state index is 0.470. The van der Waals surface area contributed by atoms with Crippen LogP contribution < -0.4 is 14.8 Å². The van der Waals surface area contributed by atoms with E-state index in [1.807, 2.05) is 24.3 Å². The molecule has 0 amide bonds. The van der Waals surface area contributed by atoms with Gasteiger partial charge in [-0.15, -0.1) is 0 Å². The van der Waals surface area contributed by atoms with Gasteiger partial charge in [0.05, 0.1) is 22.3 Å². The number of ether oxygens (including phenoxy) is 2. The predicted molar refractivity (Wildman–Crippen MR) is 120 cm³/mol. The molecular formula is C22H20BrCl2NO2. The van der Waals surface area contributed by atoms with E-state index < -0.39 is 0 Å². The second kappa shape index (κ2) is 9.55. The average molecular weight is 481 g/mol. The number of anilines is 1. The molecule has 3 rings (SSSR count). The molecule has 3 nitrogen and oxygen atoms in total. The summed E-state index contributed by atoms with van der Waals surface area (Å²) in [5, 5.41) is 4.55. The van der Waals surface area contributed by atoms with Gasteiger partial charge < -0.3 is 14.8 Å². The largest absolute Gasteiger partial charge is 0.493 e. The SMILES string of the molecule is COc1cc(CNc2cc(Cl)ccc2Cl)cc(Br)c1OCc1ccccc1C. The first-order valence-corrected chi connectivity index (χ1v) is 10.3. The van der Waals surface area contributed by atoms with Gasteiger partial charge in [0.25, 0.3) is 0 Å². The maximum atomic E-state index is 6.21. The molecule has 0 aliphatic carbocycles. The molecule has 1 N–H and O–H groups in total. The number of hydrogen-bond donors (Lipinski definition) is 1. The summed E-state index contributed by atoms with van der Waals surface area (Å²) < 4.78 is 12.4. The quantitative estimate of drug-likeness (QED) is 0.385. The Balaban J connectivity index is 1.75. The van der Waals surface area contributed by atoms with Gasteiger partial charge in [-0.1, -0.05) is 47.5 Å². The van der Waals surface area contributed by atoms with Gasteiger partial charge in [0.2, 0.25) is 0 Å². The number of halogens is 3. The van der Waals surface area contributed by atoms with E-state index in [1.165, 1.54) is 5.56 Å². The van der Waals surface area contributed by atoms with Crippen LogP contribution >= 0.6 is 39.1 Å². The lowest BCUT2D eigenvalue weighted by Crippen LogP contribution is -2.03. The molecule has 0 radical (unpaired) electrons. The molecule has 3 aromatic rings. The van der Waals surface area contributed by atoms with Crippen LogP contribution in [0.25, 0.3) is 0 Å². The first-order valence-electron chi connectivity index (χ1n) is 8.70. The summed E-state index contributed by atoms with van der Waals surface area (Å²) in [5.41, 5.74) is 4.13. The Kier molecular flexibility index (Phi) is 7.11. The molecule has 0 spiro atoms. The Hall–Kier alpha value is -1.88. The fraction of sp³-hybridized carbons (Fsp3) is 0.182. The van der Waals surface area contributed by atoms with Crippen LogP contribution in [0.1, 0.15) is 16.7 Å². The lowest BCUT2D eigenvalue weighted by atomic mass is 10.1. The fourth-order valence-corrected chi connectivity index (χ4v) is 3.73. The van der Waals surface area contributed by atoms with Crippen LogP contribution in [0.15, 0.2) is 59.1 Å². The second-order valence-electron chi connectivity index (χ2n) is 6.30. The lowest BCUT2D eigenvalue weighted by molar-refractivity contribution is 0.282. The lowest BCUT2D eigenvalue weighted by Gasteiger charge is -2.16. The normalized spacial score (nSPS) is 10.6. The minimum Gasteiger partial charge on any atom is -0.493 e. The van der Waals surface area contributed by atoms with Crippen LogP contribution in [-0.2, 0) is 13.2 Å². The van der Waals surface area contributed by atoms with Gasteiger partial charge in [-0.2, -0.15) is 0 Å². The summed E-state index contributed by atoms with van der Waals surface area (Å²) in [7, 11) is 1.63. The van der Waals surface area contributed by atoms with Crippen LogP contribution in [0, 0.1) is 6.92 Å². The topological polar surface area (TPSA) is 30.5 Å². The molecule has 0 bridgehead atoms. The summed E-state index contributed by atoms with van der Waals surface area (Å²) in [4.78, 5) is 0. The first-order chi connectivity index (χ1) is 13.5. The van der Waals surface area contributed by atoms with E-state index in [0.29, 0.717) is 34.7 Å². The molecule has 0 saturated carbocycles. The molecule has 146 valence electrons. The number of benzene rings is 3. The number of aryl methyl sites for hydroxylation is 1. The van der Waals surface area contributed by atoms with Crippen molar-refractivity contribution < 1.29 is 9.47 Å². The number of rotatable bonds is 7. The van der Waals surface area contributed by atoms with Crippen molar-refractivity contribution >= 4 is 44.8 Å². The van der Waals surface area contributed by atoms with Crippen LogP contribution in [0.3, 0.4) is 0 Å². The van der Waals surface area contributed by atoms with E-state index >= 15 is 0 Å². The highest BCUT2D eigenvalue weighted by Gasteiger charge is 2.13. The predicted octanol–water partition coefficient (Wildman–Crippen LogP) is 7.26. The second-order valence-corrected chi connectivity index (χ2v) is 8.00. The van der Waals surface area contributed by atoms with Gasteiger partial charge in [0, 0.05) is 11.6 Å². The molecule has 0 atom stereocenters. The van der Waals surface area contributed by atoms with E-state index in [-0.39, 0.29) is 0 Å². The van der Waals surface area contributed by atoms with Crippen molar-refractivity contribution in [3.63, 3.8) is 0 Å². The Bertz CT molecular complexity index is 979. The number of hydrogen-bond acceptors (Lipinski definition) is 3. The monoisotopic (exact) mass is 479 g/mol. The molecule has 0 aliphatic rings. The van der Waals surface area contributed by atoms with E-state index in [9.17, 15) is 0 Å². The van der Waals surface area contributed by atoms with Gasteiger partial charge in [-0.25, -0.2) is 0 Å². The first kappa shape index (κ1) is 20.8. The van der Waals surface area contributed by atoms with Crippen molar-refractivity contribution in [2.24, 2.45) is 0 Å². The highest BCUT2D eigenvalue weighted by atomic mass is 79.9. The molecular weight excluding hydrogens is 461 g/mol. The van der Waals surface area contributed by atoms with Gasteiger partial charge >= 0.3 is 0 Å². The van der Waals surface area contributed by atoms with Crippen molar-refractivity contribution in [2.45, 2.75) is 20.1 Å². The smallest absolute Gasteiger partial charge is 0.175 e. The summed E-state index contributed by atoms with van der Waals surface area (Å²) in [6.45, 7) is 3.10. The van der Waals surface area contributed by atoms with Crippen LogP contribution in [-0.4, -0.2) is 7.11 Å². The molecule has 0 saturated heterocycles. The Labute approximate surface area is 183 Å². The Morgan fingerprint density at radius 1 is 1.04 bits per heavy atom. The molecule has 6 heteroatoms. The van der Waals surface area contributed by atoms with E-state index in [4.69, 9.17) is 32.7 Å². The zero-order valence-electron chi connectivity index (χ0n) is 15.6. The third kappa shape index (κ3) is 5.13. The van der Waals surface area contributed by atoms with Gasteiger partial charge in [-0.05, 0) is 69.9 Å². The van der Waals surface area contributed by atoms with Gasteiger partial charge in [-0.3, -0.25) is 0 Å². The molecule has 3 aromatic carbocycles. The average Bonchev–Trinajstić information content (AvgIpc) is 2.68. The van der Waals surface area contributed by atoms with Crippen molar-refractivity contribution in [1.29, 1.82) is 0 Å². The zero-order chi connectivity index (χ0) is 20.1. The Morgan fingerprint density at radius 3 is 2.57 bits per heavy atom. The molecule has 0 unspecified atom stereocenters. The third-order valence-electron chi connectivity index (χ3n) is 4.33. The van der Waals surface area contributed by atoms with E-state index in [0.717, 1.165) is 21.3 Å². The van der Waals surface area contributed by atoms with Crippen LogP contribution in [0.5, 0.6) is 11.5 Å². The van der Waals surface area contributed by atoms with Crippen LogP contribution in [0.2, 0.25) is 10.0 Å². The Morgan fingerprint density at radius 2 is 1.82 bits per heavy atom. The van der Waals surface area contributed by atoms with Crippen molar-refractivity contribution in [2.75, 3.05) is 12.4 Å². The zero-order valence-corrected chi connectivity index (χ0v) is 18.7. The standard InChI is InChI=1S/C22H20BrCl2NO2/c1-14-5-3-4-6-16(14)13-28-22-18(23)9-15(10-21(22)27-2)12-26-20-11-17(24)7-8-19(20)25/h3-11,26H,12-13H2,1-2H3. The van der Waals surface area contributed by atoms with Crippen molar-refractivity contribution in [3.8, 4) is 11.5 Å². The van der Waals surface area contributed by atoms with Gasteiger partial charge in [0.1, 0.15) is 6.61 Å². The molecule has 0 aromatic heterocycles. The van der Waals surface area contributed by atoms with E-state index in [2.05, 4.69) is 40.3 Å². The van der Waals surface area contributed by atoms with Gasteiger partial charge in [0.15, 0.2) is 11.5 Å². The molecule has 0 heterocycles. The maximum Gasteiger partial charge on any atom is 0.175 e. The maximum absolute atomic E-state index is 6.21. The summed E-state index contributed by atoms with van der Waals surface area (Å²) in [5.74, 6) is 1.34.